The Morgan fingerprint density at radius 1 is 1.06 bits per heavy atom. The molecule has 2 aromatic carbocycles. The normalized spacial score (nSPS) is 12.7. The summed E-state index contributed by atoms with van der Waals surface area (Å²) in [6.45, 7) is 10.6. The van der Waals surface area contributed by atoms with Gasteiger partial charge in [0, 0.05) is 17.1 Å². The number of carbonyl (C=O) groups excluding carboxylic acids is 2. The fraction of sp³-hybridized carbons (Fsp3) is 0.440. The van der Waals surface area contributed by atoms with Crippen LogP contribution >= 0.6 is 11.6 Å². The third-order valence-electron chi connectivity index (χ3n) is 5.42. The summed E-state index contributed by atoms with van der Waals surface area (Å²) in [5, 5.41) is 3.34. The van der Waals surface area contributed by atoms with Crippen molar-refractivity contribution in [1.29, 1.82) is 0 Å². The Kier molecular flexibility index (Phi) is 8.77. The molecule has 0 heterocycles. The van der Waals surface area contributed by atoms with Crippen molar-refractivity contribution < 1.29 is 18.0 Å². The minimum atomic E-state index is -3.77. The molecule has 0 unspecified atom stereocenters. The fourth-order valence-electron chi connectivity index (χ4n) is 3.36. The second-order valence-corrected chi connectivity index (χ2v) is 11.9. The molecule has 0 aromatic heterocycles. The number of anilines is 1. The summed E-state index contributed by atoms with van der Waals surface area (Å²) in [5.41, 5.74) is 2.47. The van der Waals surface area contributed by atoms with Gasteiger partial charge in [0.15, 0.2) is 0 Å². The zero-order chi connectivity index (χ0) is 25.8. The summed E-state index contributed by atoms with van der Waals surface area (Å²) in [5.74, 6) is -0.856. The molecule has 0 radical (unpaired) electrons. The summed E-state index contributed by atoms with van der Waals surface area (Å²) >= 11 is 6.33. The molecule has 0 saturated heterocycles. The van der Waals surface area contributed by atoms with E-state index in [2.05, 4.69) is 5.32 Å². The Hall–Kier alpha value is -2.58. The van der Waals surface area contributed by atoms with Gasteiger partial charge < -0.3 is 10.2 Å². The van der Waals surface area contributed by atoms with E-state index in [4.69, 9.17) is 11.6 Å². The summed E-state index contributed by atoms with van der Waals surface area (Å²) in [6.07, 6.45) is 1.06. The molecule has 0 spiro atoms. The van der Waals surface area contributed by atoms with Gasteiger partial charge in [-0.2, -0.15) is 0 Å². The Labute approximate surface area is 208 Å². The standard InChI is InChI=1S/C25H34ClN3O4S/c1-17-12-13-21(14-18(17)2)29(34(7,32)33)16-23(30)28(15-20-10-8-9-11-22(20)26)19(3)24(31)27-25(4,5)6/h8-14,19H,15-16H2,1-7H3,(H,27,31)/t19-/m0/s1. The van der Waals surface area contributed by atoms with Crippen LogP contribution in [0, 0.1) is 13.8 Å². The quantitative estimate of drug-likeness (QED) is 0.583. The van der Waals surface area contributed by atoms with Crippen molar-refractivity contribution in [2.24, 2.45) is 0 Å². The van der Waals surface area contributed by atoms with Gasteiger partial charge in [0.1, 0.15) is 12.6 Å². The maximum atomic E-state index is 13.5. The average molecular weight is 508 g/mol. The first kappa shape index (κ1) is 27.7. The molecule has 0 aliphatic heterocycles. The number of benzene rings is 2. The van der Waals surface area contributed by atoms with E-state index in [-0.39, 0.29) is 12.5 Å². The molecule has 34 heavy (non-hydrogen) atoms. The molecule has 186 valence electrons. The van der Waals surface area contributed by atoms with Gasteiger partial charge in [-0.3, -0.25) is 13.9 Å². The molecule has 2 rings (SSSR count). The Bertz CT molecular complexity index is 1160. The number of aryl methyl sites for hydroxylation is 2. The lowest BCUT2D eigenvalue weighted by Crippen LogP contribution is -2.54. The van der Waals surface area contributed by atoms with Crippen molar-refractivity contribution in [3.05, 3.63) is 64.2 Å². The van der Waals surface area contributed by atoms with E-state index in [1.54, 1.807) is 43.3 Å². The molecule has 9 heteroatoms. The lowest BCUT2D eigenvalue weighted by Gasteiger charge is -2.33. The van der Waals surface area contributed by atoms with E-state index in [1.807, 2.05) is 40.7 Å². The largest absolute Gasteiger partial charge is 0.350 e. The smallest absolute Gasteiger partial charge is 0.244 e. The highest BCUT2D eigenvalue weighted by atomic mass is 35.5. The predicted molar refractivity (Wildman–Crippen MR) is 137 cm³/mol. The first-order valence-electron chi connectivity index (χ1n) is 11.0. The average Bonchev–Trinajstić information content (AvgIpc) is 2.70. The molecule has 2 amide bonds. The van der Waals surface area contributed by atoms with Crippen molar-refractivity contribution >= 4 is 39.1 Å². The van der Waals surface area contributed by atoms with Crippen molar-refractivity contribution in [3.8, 4) is 0 Å². The van der Waals surface area contributed by atoms with E-state index in [1.165, 1.54) is 4.90 Å². The zero-order valence-electron chi connectivity index (χ0n) is 20.8. The molecule has 2 aromatic rings. The summed E-state index contributed by atoms with van der Waals surface area (Å²) in [4.78, 5) is 27.9. The van der Waals surface area contributed by atoms with E-state index in [9.17, 15) is 18.0 Å². The molecular weight excluding hydrogens is 474 g/mol. The monoisotopic (exact) mass is 507 g/mol. The van der Waals surface area contributed by atoms with Crippen molar-refractivity contribution in [3.63, 3.8) is 0 Å². The van der Waals surface area contributed by atoms with Crippen LogP contribution in [0.1, 0.15) is 44.4 Å². The topological polar surface area (TPSA) is 86.8 Å². The van der Waals surface area contributed by atoms with Gasteiger partial charge in [-0.05, 0) is 76.4 Å². The lowest BCUT2D eigenvalue weighted by molar-refractivity contribution is -0.140. The second-order valence-electron chi connectivity index (χ2n) is 9.57. The Morgan fingerprint density at radius 2 is 1.68 bits per heavy atom. The van der Waals surface area contributed by atoms with Gasteiger partial charge in [0.2, 0.25) is 21.8 Å². The highest BCUT2D eigenvalue weighted by Crippen LogP contribution is 2.23. The SMILES string of the molecule is Cc1ccc(N(CC(=O)N(Cc2ccccc2Cl)[C@@H](C)C(=O)NC(C)(C)C)S(C)(=O)=O)cc1C. The van der Waals surface area contributed by atoms with Crippen LogP contribution in [-0.2, 0) is 26.2 Å². The number of carbonyl (C=O) groups is 2. The lowest BCUT2D eigenvalue weighted by atomic mass is 10.1. The molecule has 0 bridgehead atoms. The van der Waals surface area contributed by atoms with Crippen LogP contribution in [0.25, 0.3) is 0 Å². The Morgan fingerprint density at radius 3 is 2.21 bits per heavy atom. The van der Waals surface area contributed by atoms with Crippen molar-refractivity contribution in [2.75, 3.05) is 17.1 Å². The fourth-order valence-corrected chi connectivity index (χ4v) is 4.40. The third-order valence-corrected chi connectivity index (χ3v) is 6.93. The molecule has 0 saturated carbocycles. The number of hydrogen-bond acceptors (Lipinski definition) is 4. The number of nitrogens with zero attached hydrogens (tertiary/aromatic N) is 2. The van der Waals surface area contributed by atoms with Crippen LogP contribution in [0.15, 0.2) is 42.5 Å². The van der Waals surface area contributed by atoms with E-state index >= 15 is 0 Å². The summed E-state index contributed by atoms with van der Waals surface area (Å²) < 4.78 is 26.4. The van der Waals surface area contributed by atoms with Gasteiger partial charge >= 0.3 is 0 Å². The van der Waals surface area contributed by atoms with E-state index in [0.717, 1.165) is 21.7 Å². The van der Waals surface area contributed by atoms with Crippen LogP contribution in [-0.4, -0.2) is 49.5 Å². The number of nitrogens with one attached hydrogen (secondary N) is 1. The Balaban J connectivity index is 2.44. The van der Waals surface area contributed by atoms with Crippen molar-refractivity contribution in [2.45, 2.75) is 59.7 Å². The summed E-state index contributed by atoms with van der Waals surface area (Å²) in [7, 11) is -3.77. The molecule has 0 aliphatic rings. The minimum Gasteiger partial charge on any atom is -0.350 e. The van der Waals surface area contributed by atoms with Crippen LogP contribution in [0.5, 0.6) is 0 Å². The molecule has 1 atom stereocenters. The number of rotatable bonds is 8. The van der Waals surface area contributed by atoms with E-state index in [0.29, 0.717) is 16.3 Å². The summed E-state index contributed by atoms with van der Waals surface area (Å²) in [6, 6.07) is 11.4. The van der Waals surface area contributed by atoms with E-state index < -0.39 is 34.1 Å². The van der Waals surface area contributed by atoms with Gasteiger partial charge in [0.25, 0.3) is 0 Å². The van der Waals surface area contributed by atoms with Gasteiger partial charge in [-0.1, -0.05) is 35.9 Å². The first-order chi connectivity index (χ1) is 15.6. The van der Waals surface area contributed by atoms with Crippen LogP contribution < -0.4 is 9.62 Å². The minimum absolute atomic E-state index is 0.0573. The molecule has 1 N–H and O–H groups in total. The van der Waals surface area contributed by atoms with Gasteiger partial charge in [0.05, 0.1) is 11.9 Å². The second kappa shape index (κ2) is 10.8. The van der Waals surface area contributed by atoms with Crippen LogP contribution in [0.3, 0.4) is 0 Å². The third kappa shape index (κ3) is 7.46. The maximum Gasteiger partial charge on any atom is 0.244 e. The highest BCUT2D eigenvalue weighted by Gasteiger charge is 2.31. The molecule has 0 aliphatic carbocycles. The van der Waals surface area contributed by atoms with Crippen LogP contribution in [0.4, 0.5) is 5.69 Å². The number of sulfonamides is 1. The first-order valence-corrected chi connectivity index (χ1v) is 13.2. The van der Waals surface area contributed by atoms with Crippen LogP contribution in [0.2, 0.25) is 5.02 Å². The highest BCUT2D eigenvalue weighted by molar-refractivity contribution is 7.92. The molecule has 0 fully saturated rings. The van der Waals surface area contributed by atoms with Crippen molar-refractivity contribution in [1.82, 2.24) is 10.2 Å². The molecular formula is C25H34ClN3O4S. The zero-order valence-corrected chi connectivity index (χ0v) is 22.4. The number of halogens is 1. The van der Waals surface area contributed by atoms with Gasteiger partial charge in [-0.25, -0.2) is 8.42 Å². The molecule has 7 nitrogen and oxygen atoms in total. The number of hydrogen-bond donors (Lipinski definition) is 1. The van der Waals surface area contributed by atoms with Gasteiger partial charge in [-0.15, -0.1) is 0 Å². The maximum absolute atomic E-state index is 13.5. The predicted octanol–water partition coefficient (Wildman–Crippen LogP) is 4.05. The number of amides is 2.